The number of alkyl halides is 1. The Morgan fingerprint density at radius 1 is 0.618 bits per heavy atom. The number of amides is 6. The van der Waals surface area contributed by atoms with E-state index in [2.05, 4.69) is 15.3 Å². The van der Waals surface area contributed by atoms with Gasteiger partial charge in [0.2, 0.25) is 0 Å². The maximum atomic E-state index is 12.2. The predicted molar refractivity (Wildman–Crippen MR) is 342 cm³/mol. The van der Waals surface area contributed by atoms with Gasteiger partial charge in [0.25, 0.3) is 23.4 Å². The van der Waals surface area contributed by atoms with E-state index < -0.39 is 17.1 Å². The van der Waals surface area contributed by atoms with E-state index in [1.165, 1.54) is 24.3 Å². The number of non-ortho nitro benzene ring substituents is 1. The van der Waals surface area contributed by atoms with Crippen LogP contribution in [-0.4, -0.2) is 168 Å². The number of hydrogen-bond acceptors (Lipinski definition) is 17. The molecule has 5 saturated heterocycles. The minimum absolute atomic E-state index is 0. The maximum absolute atomic E-state index is 12.2. The number of carbonyl (C=O) groups is 6. The van der Waals surface area contributed by atoms with Crippen LogP contribution in [0, 0.1) is 10.1 Å². The Kier molecular flexibility index (Phi) is 26.0. The van der Waals surface area contributed by atoms with Crippen LogP contribution < -0.4 is 34.6 Å². The van der Waals surface area contributed by atoms with Gasteiger partial charge in [-0.2, -0.15) is 13.5 Å². The first-order chi connectivity index (χ1) is 42.7. The lowest BCUT2D eigenvalue weighted by Gasteiger charge is -2.27. The lowest BCUT2D eigenvalue weighted by molar-refractivity contribution is -0.384. The number of hydrogen-bond donors (Lipinski definition) is 2. The second-order valence-corrected chi connectivity index (χ2v) is 20.2. The van der Waals surface area contributed by atoms with Gasteiger partial charge in [-0.25, -0.2) is 14.4 Å². The van der Waals surface area contributed by atoms with Crippen LogP contribution in [0.25, 0.3) is 0 Å². The molecular formula is C63H68ClN9O15S. The second-order valence-electron chi connectivity index (χ2n) is 19.9. The number of aliphatic hydroxyl groups is 1. The molecule has 0 aromatic heterocycles. The van der Waals surface area contributed by atoms with Gasteiger partial charge in [-0.15, -0.1) is 11.6 Å². The summed E-state index contributed by atoms with van der Waals surface area (Å²) in [6, 6.07) is 46.2. The third-order valence-electron chi connectivity index (χ3n) is 13.7. The fraction of sp³-hybridized carbons (Fsp3) is 0.302. The van der Waals surface area contributed by atoms with Crippen LogP contribution in [0.2, 0.25) is 0 Å². The van der Waals surface area contributed by atoms with Crippen LogP contribution in [0.1, 0.15) is 24.5 Å². The van der Waals surface area contributed by atoms with Crippen LogP contribution in [-0.2, 0) is 38.1 Å². The zero-order valence-corrected chi connectivity index (χ0v) is 50.4. The lowest BCUT2D eigenvalue weighted by atomic mass is 10.2. The van der Waals surface area contributed by atoms with Crippen molar-refractivity contribution in [3.05, 3.63) is 179 Å². The molecule has 468 valence electrons. The molecule has 0 saturated carbocycles. The van der Waals surface area contributed by atoms with E-state index in [4.69, 9.17) is 45.1 Å². The van der Waals surface area contributed by atoms with E-state index in [1.54, 1.807) is 61.2 Å². The molecule has 5 fully saturated rings. The lowest BCUT2D eigenvalue weighted by Crippen LogP contribution is -2.41. The topological polar surface area (TPSA) is 274 Å². The first-order valence-electron chi connectivity index (χ1n) is 28.2. The molecule has 3 atom stereocenters. The molecule has 6 aromatic carbocycles. The monoisotopic (exact) mass is 1260 g/mol. The number of carbonyl (C=O) groups excluding carboxylic acids is 6. The van der Waals surface area contributed by atoms with Crippen molar-refractivity contribution in [2.45, 2.75) is 31.7 Å². The average molecular weight is 1260 g/mol. The summed E-state index contributed by atoms with van der Waals surface area (Å²) in [6.45, 7) is 7.19. The fourth-order valence-corrected chi connectivity index (χ4v) is 9.16. The molecule has 0 unspecified atom stereocenters. The molecule has 26 heteroatoms. The van der Waals surface area contributed by atoms with Crippen molar-refractivity contribution in [2.75, 3.05) is 121 Å². The molecule has 2 N–H and O–H groups in total. The van der Waals surface area contributed by atoms with Crippen LogP contribution in [0.15, 0.2) is 168 Å². The van der Waals surface area contributed by atoms with Crippen molar-refractivity contribution in [3.63, 3.8) is 0 Å². The Morgan fingerprint density at radius 2 is 1.02 bits per heavy atom. The maximum Gasteiger partial charge on any atom is 0.417 e. The number of nitrogens with one attached hydrogen (secondary N) is 1. The first kappa shape index (κ1) is 67.3. The molecule has 5 heterocycles. The molecule has 89 heavy (non-hydrogen) atoms. The molecule has 0 bridgehead atoms. The zero-order chi connectivity index (χ0) is 62.2. The Hall–Kier alpha value is -9.24. The summed E-state index contributed by atoms with van der Waals surface area (Å²) >= 11 is 5.41. The first-order valence-corrected chi connectivity index (χ1v) is 28.8. The van der Waals surface area contributed by atoms with Crippen LogP contribution in [0.5, 0.6) is 5.75 Å². The number of benzene rings is 6. The van der Waals surface area contributed by atoms with Crippen molar-refractivity contribution in [2.24, 2.45) is 9.98 Å². The summed E-state index contributed by atoms with van der Waals surface area (Å²) < 4.78 is 31.1. The number of nitro benzene ring substituents is 1. The highest BCUT2D eigenvalue weighted by Gasteiger charge is 2.33. The van der Waals surface area contributed by atoms with E-state index in [-0.39, 0.29) is 92.7 Å². The Balaban J connectivity index is 0.000000174. The third-order valence-corrected chi connectivity index (χ3v) is 14.0. The number of cyclic esters (lactones) is 2. The molecule has 11 rings (SSSR count). The predicted octanol–water partition coefficient (Wildman–Crippen LogP) is 8.67. The number of nitro groups is 1. The Bertz CT molecular complexity index is 3360. The van der Waals surface area contributed by atoms with E-state index in [1.807, 2.05) is 116 Å². The van der Waals surface area contributed by atoms with Crippen LogP contribution >= 0.6 is 25.1 Å². The highest BCUT2D eigenvalue weighted by molar-refractivity contribution is 7.59. The van der Waals surface area contributed by atoms with Gasteiger partial charge in [0.05, 0.1) is 62.9 Å². The normalized spacial score (nSPS) is 17.7. The minimum atomic E-state index is -0.728. The zero-order valence-electron chi connectivity index (χ0n) is 48.6. The number of aliphatic imine (C=N–C) groups is 2. The highest BCUT2D eigenvalue weighted by Crippen LogP contribution is 2.29. The number of morpholine rings is 3. The van der Waals surface area contributed by atoms with Gasteiger partial charge < -0.3 is 48.2 Å². The largest absolute Gasteiger partial charge is 0.444 e. The number of aliphatic hydroxyl groups excluding tert-OH is 1. The number of anilines is 6. The van der Waals surface area contributed by atoms with E-state index in [0.29, 0.717) is 77.0 Å². The fourth-order valence-electron chi connectivity index (χ4n) is 9.06. The van der Waals surface area contributed by atoms with Gasteiger partial charge >= 0.3 is 18.3 Å². The van der Waals surface area contributed by atoms with Crippen molar-refractivity contribution in [1.82, 2.24) is 0 Å². The van der Waals surface area contributed by atoms with Gasteiger partial charge in [-0.3, -0.25) is 49.6 Å². The number of ether oxygens (including phenoxy) is 6. The molecular weight excluding hydrogens is 1190 g/mol. The molecule has 6 amide bonds. The molecule has 0 aliphatic carbocycles. The van der Waals surface area contributed by atoms with Crippen molar-refractivity contribution >= 4 is 113 Å². The standard InChI is InChI=1S/C21H21N3O4.C17H15N3O6.C15H18N2O4.C10H12ClNO.H2S/c25-20-15-27-11-10-23(20)17-6-8-18(9-7-17)24-14-19(28-21(24)26)13-22-12-16-4-2-1-3-5-16;21-16-11-25-10-9-19(16)13-3-1-12(2-4-13)18-17(22)26-15-7-5-14(6-8-15)20(23)24;1-2-13-9-17(15(19)21-13)12-5-3-11(4-6-12)16-7-8-20-10-14(16)18;11-6-10(13)8-12-7-9-4-2-1-3-5-9;/h1-9,12,19H,10-11,13-15H2;1-8H,9-11H2,(H,18,22);3-6,13H,2,7-10H2,1H3;1-5,7,10,13H,6,8H2;1H2/t19-;;13-;10-;/m0.01./s1. The number of rotatable bonds is 16. The van der Waals surface area contributed by atoms with Crippen molar-refractivity contribution in [3.8, 4) is 5.75 Å². The molecule has 0 spiro atoms. The van der Waals surface area contributed by atoms with Crippen molar-refractivity contribution in [1.29, 1.82) is 0 Å². The molecule has 0 radical (unpaired) electrons. The summed E-state index contributed by atoms with van der Waals surface area (Å²) in [4.78, 5) is 98.2. The molecule has 6 aromatic rings. The number of halogens is 1. The van der Waals surface area contributed by atoms with Gasteiger partial charge in [0.15, 0.2) is 0 Å². The summed E-state index contributed by atoms with van der Waals surface area (Å²) in [5.74, 6) is 0.196. The van der Waals surface area contributed by atoms with Gasteiger partial charge in [-0.05, 0) is 102 Å². The summed E-state index contributed by atoms with van der Waals surface area (Å²) in [5.41, 5.74) is 6.31. The summed E-state index contributed by atoms with van der Waals surface area (Å²) in [7, 11) is 0. The van der Waals surface area contributed by atoms with Gasteiger partial charge in [0.1, 0.15) is 37.8 Å². The highest BCUT2D eigenvalue weighted by atomic mass is 35.5. The SMILES string of the molecule is CC[C@H]1CN(c2ccc(N3CCOCC3=O)cc2)C(=O)O1.O=C(Nc1ccc(N2CCOCC2=O)cc1)Oc1ccc([N+](=O)[O-])cc1.O=C1COCCN1c1ccc(N2C[C@H](CN=Cc3ccccc3)OC2=O)cc1.O[C@H](CCl)CN=Cc1ccccc1.S. The summed E-state index contributed by atoms with van der Waals surface area (Å²) in [6.07, 6.45) is 2.04. The van der Waals surface area contributed by atoms with E-state index >= 15 is 0 Å². The van der Waals surface area contributed by atoms with Crippen LogP contribution in [0.4, 0.5) is 54.2 Å². The van der Waals surface area contributed by atoms with Crippen molar-refractivity contribution < 1.29 is 67.2 Å². The summed E-state index contributed by atoms with van der Waals surface area (Å²) in [5, 5.41) is 22.2. The van der Waals surface area contributed by atoms with E-state index in [9.17, 15) is 38.9 Å². The van der Waals surface area contributed by atoms with E-state index in [0.717, 1.165) is 40.3 Å². The second kappa shape index (κ2) is 34.3. The molecule has 24 nitrogen and oxygen atoms in total. The van der Waals surface area contributed by atoms with Gasteiger partial charge in [-0.1, -0.05) is 67.6 Å². The Morgan fingerprint density at radius 3 is 1.43 bits per heavy atom. The van der Waals surface area contributed by atoms with Crippen LogP contribution in [0.3, 0.4) is 0 Å². The minimum Gasteiger partial charge on any atom is -0.444 e. The molecule has 5 aliphatic heterocycles. The van der Waals surface area contributed by atoms with Gasteiger partial charge in [0, 0.05) is 78.3 Å². The Labute approximate surface area is 525 Å². The number of nitrogens with zero attached hydrogens (tertiary/aromatic N) is 8. The smallest absolute Gasteiger partial charge is 0.417 e. The average Bonchev–Trinajstić information content (AvgIpc) is 3.21. The molecule has 5 aliphatic rings. The quantitative estimate of drug-likeness (QED) is 0.0397. The third kappa shape index (κ3) is 20.1.